The second-order valence-corrected chi connectivity index (χ2v) is 7.20. The van der Waals surface area contributed by atoms with Crippen LogP contribution in [0.2, 0.25) is 5.02 Å². The second kappa shape index (κ2) is 8.57. The minimum absolute atomic E-state index is 0.123. The Morgan fingerprint density at radius 1 is 1.16 bits per heavy atom. The number of carbonyl (C=O) groups excluding carboxylic acids is 3. The molecule has 0 aliphatic carbocycles. The molecule has 0 saturated carbocycles. The van der Waals surface area contributed by atoms with Crippen molar-refractivity contribution in [2.45, 2.75) is 19.4 Å². The van der Waals surface area contributed by atoms with E-state index in [2.05, 4.69) is 20.7 Å². The van der Waals surface area contributed by atoms with Gasteiger partial charge >= 0.3 is 5.97 Å². The summed E-state index contributed by atoms with van der Waals surface area (Å²) in [4.78, 5) is 40.8. The number of amides is 2. The van der Waals surface area contributed by atoms with E-state index in [0.29, 0.717) is 22.1 Å². The summed E-state index contributed by atoms with van der Waals surface area (Å²) in [5.74, 6) is -0.456. The molecule has 4 rings (SSSR count). The van der Waals surface area contributed by atoms with Gasteiger partial charge in [0.15, 0.2) is 5.82 Å². The highest BCUT2D eigenvalue weighted by Crippen LogP contribution is 2.29. The van der Waals surface area contributed by atoms with Gasteiger partial charge in [-0.05, 0) is 55.5 Å². The molecule has 0 radical (unpaired) electrons. The molecule has 158 valence electrons. The molecule has 1 aromatic heterocycles. The van der Waals surface area contributed by atoms with Crippen molar-refractivity contribution in [2.24, 2.45) is 0 Å². The van der Waals surface area contributed by atoms with E-state index in [1.807, 2.05) is 0 Å². The smallest absolute Gasteiger partial charge is 0.338 e. The number of aromatic nitrogens is 3. The van der Waals surface area contributed by atoms with Crippen LogP contribution in [-0.2, 0) is 14.3 Å². The zero-order chi connectivity index (χ0) is 22.0. The first-order valence-electron chi connectivity index (χ1n) is 9.55. The van der Waals surface area contributed by atoms with Crippen molar-refractivity contribution >= 4 is 41.0 Å². The SMILES string of the molecule is CCOC(=O)c1ccc(NC(=O)CC2C(=O)Nc3nc(-c4ccc(Cl)cc4)nn32)cc1. The summed E-state index contributed by atoms with van der Waals surface area (Å²) in [5, 5.41) is 10.3. The van der Waals surface area contributed by atoms with Gasteiger partial charge in [-0.3, -0.25) is 14.9 Å². The van der Waals surface area contributed by atoms with E-state index in [1.165, 1.54) is 4.68 Å². The molecule has 0 spiro atoms. The lowest BCUT2D eigenvalue weighted by Crippen LogP contribution is -2.23. The number of ether oxygens (including phenoxy) is 1. The van der Waals surface area contributed by atoms with E-state index in [9.17, 15) is 14.4 Å². The Morgan fingerprint density at radius 2 is 1.87 bits per heavy atom. The van der Waals surface area contributed by atoms with Crippen LogP contribution in [0.1, 0.15) is 29.7 Å². The minimum atomic E-state index is -0.817. The van der Waals surface area contributed by atoms with Gasteiger partial charge in [0, 0.05) is 16.3 Å². The molecule has 1 atom stereocenters. The molecule has 2 N–H and O–H groups in total. The highest BCUT2D eigenvalue weighted by molar-refractivity contribution is 6.30. The van der Waals surface area contributed by atoms with Crippen molar-refractivity contribution in [3.63, 3.8) is 0 Å². The van der Waals surface area contributed by atoms with Gasteiger partial charge in [-0.15, -0.1) is 5.10 Å². The van der Waals surface area contributed by atoms with E-state index in [4.69, 9.17) is 16.3 Å². The van der Waals surface area contributed by atoms with Crippen LogP contribution in [0.15, 0.2) is 48.5 Å². The van der Waals surface area contributed by atoms with Crippen LogP contribution in [0.25, 0.3) is 11.4 Å². The monoisotopic (exact) mass is 439 g/mol. The van der Waals surface area contributed by atoms with E-state index < -0.39 is 12.0 Å². The van der Waals surface area contributed by atoms with Crippen molar-refractivity contribution in [2.75, 3.05) is 17.2 Å². The molecule has 1 aliphatic heterocycles. The molecule has 10 heteroatoms. The Hall–Kier alpha value is -3.72. The van der Waals surface area contributed by atoms with Gasteiger partial charge in [0.1, 0.15) is 6.04 Å². The number of hydrogen-bond donors (Lipinski definition) is 2. The Balaban J connectivity index is 1.44. The van der Waals surface area contributed by atoms with Crippen LogP contribution < -0.4 is 10.6 Å². The minimum Gasteiger partial charge on any atom is -0.462 e. The summed E-state index contributed by atoms with van der Waals surface area (Å²) in [6.07, 6.45) is -0.123. The molecule has 3 aromatic rings. The van der Waals surface area contributed by atoms with Crippen LogP contribution in [0, 0.1) is 0 Å². The summed E-state index contributed by atoms with van der Waals surface area (Å²) in [6, 6.07) is 12.5. The Bertz CT molecular complexity index is 1140. The second-order valence-electron chi connectivity index (χ2n) is 6.77. The van der Waals surface area contributed by atoms with Gasteiger partial charge in [0.05, 0.1) is 18.6 Å². The maximum absolute atomic E-state index is 12.5. The van der Waals surface area contributed by atoms with Crippen molar-refractivity contribution < 1.29 is 19.1 Å². The molecule has 2 heterocycles. The molecule has 0 fully saturated rings. The maximum atomic E-state index is 12.5. The van der Waals surface area contributed by atoms with Crippen molar-refractivity contribution in [1.29, 1.82) is 0 Å². The molecule has 1 aliphatic rings. The fourth-order valence-corrected chi connectivity index (χ4v) is 3.25. The number of carbonyl (C=O) groups is 3. The molecule has 2 aromatic carbocycles. The third-order valence-electron chi connectivity index (χ3n) is 4.63. The van der Waals surface area contributed by atoms with Crippen LogP contribution in [-0.4, -0.2) is 39.2 Å². The molecule has 31 heavy (non-hydrogen) atoms. The standard InChI is InChI=1S/C21H18ClN5O4/c1-2-31-20(30)13-5-9-15(10-6-13)23-17(28)11-16-19(29)25-21-24-18(26-27(16)21)12-3-7-14(22)8-4-12/h3-10,16H,2,11H2,1H3,(H,23,28)(H,24,25,26,29). The topological polar surface area (TPSA) is 115 Å². The van der Waals surface area contributed by atoms with E-state index in [-0.39, 0.29) is 30.8 Å². The summed E-state index contributed by atoms with van der Waals surface area (Å²) < 4.78 is 6.34. The number of rotatable bonds is 6. The summed E-state index contributed by atoms with van der Waals surface area (Å²) in [6.45, 7) is 2.01. The van der Waals surface area contributed by atoms with Gasteiger partial charge in [0.2, 0.25) is 11.9 Å². The van der Waals surface area contributed by atoms with Gasteiger partial charge in [-0.2, -0.15) is 4.98 Å². The number of fused-ring (bicyclic) bond motifs is 1. The first-order chi connectivity index (χ1) is 14.9. The molecule has 2 amide bonds. The van der Waals surface area contributed by atoms with Gasteiger partial charge in [-0.25, -0.2) is 9.48 Å². The number of esters is 1. The first-order valence-corrected chi connectivity index (χ1v) is 9.93. The molecule has 0 saturated heterocycles. The number of halogens is 1. The number of nitrogens with zero attached hydrogens (tertiary/aromatic N) is 3. The predicted molar refractivity (Wildman–Crippen MR) is 114 cm³/mol. The van der Waals surface area contributed by atoms with Crippen LogP contribution >= 0.6 is 11.6 Å². The Labute approximate surface area is 182 Å². The molecule has 0 bridgehead atoms. The van der Waals surface area contributed by atoms with Gasteiger partial charge < -0.3 is 10.1 Å². The molecular weight excluding hydrogens is 422 g/mol. The first kappa shape index (κ1) is 20.5. The third kappa shape index (κ3) is 4.41. The quantitative estimate of drug-likeness (QED) is 0.569. The summed E-state index contributed by atoms with van der Waals surface area (Å²) in [5.41, 5.74) is 1.62. The lowest BCUT2D eigenvalue weighted by atomic mass is 10.1. The molecule has 1 unspecified atom stereocenters. The normalized spacial score (nSPS) is 14.6. The summed E-state index contributed by atoms with van der Waals surface area (Å²) in [7, 11) is 0. The van der Waals surface area contributed by atoms with Gasteiger partial charge in [-0.1, -0.05) is 11.6 Å². The maximum Gasteiger partial charge on any atom is 0.338 e. The van der Waals surface area contributed by atoms with E-state index >= 15 is 0 Å². The number of anilines is 2. The Morgan fingerprint density at radius 3 is 2.55 bits per heavy atom. The fourth-order valence-electron chi connectivity index (χ4n) is 3.12. The molecular formula is C21H18ClN5O4. The van der Waals surface area contributed by atoms with Crippen molar-refractivity contribution in [1.82, 2.24) is 14.8 Å². The number of nitrogens with one attached hydrogen (secondary N) is 2. The van der Waals surface area contributed by atoms with Crippen molar-refractivity contribution in [3.05, 3.63) is 59.1 Å². The number of benzene rings is 2. The fraction of sp³-hybridized carbons (Fsp3) is 0.190. The van der Waals surface area contributed by atoms with Crippen molar-refractivity contribution in [3.8, 4) is 11.4 Å². The number of hydrogen-bond acceptors (Lipinski definition) is 6. The third-order valence-corrected chi connectivity index (χ3v) is 4.88. The van der Waals surface area contributed by atoms with Crippen LogP contribution in [0.3, 0.4) is 0 Å². The zero-order valence-electron chi connectivity index (χ0n) is 16.5. The average molecular weight is 440 g/mol. The predicted octanol–water partition coefficient (Wildman–Crippen LogP) is 3.30. The highest BCUT2D eigenvalue weighted by atomic mass is 35.5. The van der Waals surface area contributed by atoms with E-state index in [1.54, 1.807) is 55.5 Å². The largest absolute Gasteiger partial charge is 0.462 e. The van der Waals surface area contributed by atoms with Crippen LogP contribution in [0.5, 0.6) is 0 Å². The average Bonchev–Trinajstić information content (AvgIpc) is 3.28. The molecule has 9 nitrogen and oxygen atoms in total. The summed E-state index contributed by atoms with van der Waals surface area (Å²) >= 11 is 5.91. The van der Waals surface area contributed by atoms with Gasteiger partial charge in [0.25, 0.3) is 5.91 Å². The highest BCUT2D eigenvalue weighted by Gasteiger charge is 2.35. The lowest BCUT2D eigenvalue weighted by Gasteiger charge is -2.10. The lowest BCUT2D eigenvalue weighted by molar-refractivity contribution is -0.123. The zero-order valence-corrected chi connectivity index (χ0v) is 17.2. The van der Waals surface area contributed by atoms with Crippen LogP contribution in [0.4, 0.5) is 11.6 Å². The Kier molecular flexibility index (Phi) is 5.68. The van der Waals surface area contributed by atoms with E-state index in [0.717, 1.165) is 5.56 Å².